The molecule has 5 rings (SSSR count). The number of carbonyl (C=O) groups is 2. The maximum atomic E-state index is 12.9. The summed E-state index contributed by atoms with van der Waals surface area (Å²) in [5.74, 6) is 3.01. The fraction of sp³-hybridized carbons (Fsp3) is 0.810. The highest BCUT2D eigenvalue weighted by Gasteiger charge is 2.51. The van der Waals surface area contributed by atoms with Gasteiger partial charge in [0, 0.05) is 39.2 Å². The molecule has 5 aliphatic rings. The van der Waals surface area contributed by atoms with Gasteiger partial charge in [-0.05, 0) is 75.0 Å². The van der Waals surface area contributed by atoms with Crippen LogP contribution >= 0.6 is 0 Å². The minimum Gasteiger partial charge on any atom is -0.341 e. The van der Waals surface area contributed by atoms with Crippen LogP contribution in [0.15, 0.2) is 11.6 Å². The zero-order valence-corrected chi connectivity index (χ0v) is 15.8. The summed E-state index contributed by atoms with van der Waals surface area (Å²) in [7, 11) is 0. The zero-order valence-electron chi connectivity index (χ0n) is 15.8. The topological polar surface area (TPSA) is 40.6 Å². The average Bonchev–Trinajstić information content (AvgIpc) is 2.79. The first-order valence-corrected chi connectivity index (χ1v) is 10.2. The van der Waals surface area contributed by atoms with E-state index in [1.165, 1.54) is 44.1 Å². The molecule has 0 spiro atoms. The third kappa shape index (κ3) is 3.24. The van der Waals surface area contributed by atoms with Gasteiger partial charge in [0.25, 0.3) is 0 Å². The van der Waals surface area contributed by atoms with E-state index in [0.29, 0.717) is 18.5 Å². The molecule has 4 nitrogen and oxygen atoms in total. The molecule has 1 saturated heterocycles. The van der Waals surface area contributed by atoms with Crippen molar-refractivity contribution in [3.8, 4) is 0 Å². The lowest BCUT2D eigenvalue weighted by atomic mass is 9.48. The van der Waals surface area contributed by atoms with Gasteiger partial charge in [-0.25, -0.2) is 0 Å². The molecule has 1 heterocycles. The van der Waals surface area contributed by atoms with Crippen molar-refractivity contribution >= 4 is 11.8 Å². The van der Waals surface area contributed by atoms with Crippen LogP contribution in [0, 0.1) is 23.2 Å². The van der Waals surface area contributed by atoms with Crippen molar-refractivity contribution in [1.29, 1.82) is 0 Å². The van der Waals surface area contributed by atoms with Crippen LogP contribution < -0.4 is 0 Å². The Labute approximate surface area is 151 Å². The van der Waals surface area contributed by atoms with E-state index < -0.39 is 0 Å². The summed E-state index contributed by atoms with van der Waals surface area (Å²) < 4.78 is 0. The summed E-state index contributed by atoms with van der Waals surface area (Å²) in [4.78, 5) is 28.3. The Morgan fingerprint density at radius 3 is 1.92 bits per heavy atom. The quantitative estimate of drug-likeness (QED) is 0.722. The number of nitrogens with zero attached hydrogens (tertiary/aromatic N) is 2. The number of hydrogen-bond acceptors (Lipinski definition) is 2. The van der Waals surface area contributed by atoms with Crippen LogP contribution in [0.3, 0.4) is 0 Å². The Morgan fingerprint density at radius 1 is 0.840 bits per heavy atom. The highest BCUT2D eigenvalue weighted by molar-refractivity contribution is 5.88. The van der Waals surface area contributed by atoms with Gasteiger partial charge in [-0.2, -0.15) is 0 Å². The van der Waals surface area contributed by atoms with Crippen LogP contribution in [0.5, 0.6) is 0 Å². The average molecular weight is 344 g/mol. The SMILES string of the molecule is CC(=O)N1CCCN(C(=O)C=C(C)C23CC4CC(CC(C4)C2)C3)CC1. The molecule has 0 aromatic rings. The van der Waals surface area contributed by atoms with Crippen molar-refractivity contribution in [3.05, 3.63) is 11.6 Å². The van der Waals surface area contributed by atoms with E-state index in [1.807, 2.05) is 15.9 Å². The molecule has 25 heavy (non-hydrogen) atoms. The molecule has 0 aromatic carbocycles. The van der Waals surface area contributed by atoms with E-state index in [2.05, 4.69) is 6.92 Å². The molecular formula is C21H32N2O2. The predicted molar refractivity (Wildman–Crippen MR) is 97.8 cm³/mol. The highest BCUT2D eigenvalue weighted by Crippen LogP contribution is 2.62. The maximum absolute atomic E-state index is 12.9. The molecule has 0 atom stereocenters. The van der Waals surface area contributed by atoms with Gasteiger partial charge in [0.1, 0.15) is 0 Å². The third-order valence-electron chi connectivity index (χ3n) is 7.47. The summed E-state index contributed by atoms with van der Waals surface area (Å²) in [6.45, 7) is 6.72. The smallest absolute Gasteiger partial charge is 0.246 e. The van der Waals surface area contributed by atoms with Gasteiger partial charge in [-0.1, -0.05) is 5.57 Å². The molecule has 0 unspecified atom stereocenters. The monoisotopic (exact) mass is 344 g/mol. The Bertz CT molecular complexity index is 559. The molecule has 4 bridgehead atoms. The van der Waals surface area contributed by atoms with Gasteiger partial charge in [0.15, 0.2) is 0 Å². The van der Waals surface area contributed by atoms with Crippen molar-refractivity contribution in [2.24, 2.45) is 23.2 Å². The molecule has 0 radical (unpaired) electrons. The third-order valence-corrected chi connectivity index (χ3v) is 7.47. The van der Waals surface area contributed by atoms with Crippen LogP contribution in [-0.4, -0.2) is 47.8 Å². The second-order valence-corrected chi connectivity index (χ2v) is 9.21. The summed E-state index contributed by atoms with van der Waals surface area (Å²) in [5, 5.41) is 0. The molecule has 0 aromatic heterocycles. The summed E-state index contributed by atoms with van der Waals surface area (Å²) >= 11 is 0. The largest absolute Gasteiger partial charge is 0.341 e. The molecule has 1 aliphatic heterocycles. The molecule has 5 fully saturated rings. The Morgan fingerprint density at radius 2 is 1.36 bits per heavy atom. The number of carbonyl (C=O) groups excluding carboxylic acids is 2. The summed E-state index contributed by atoms with van der Waals surface area (Å²) in [6, 6.07) is 0. The number of rotatable bonds is 2. The minimum absolute atomic E-state index is 0.120. The Balaban J connectivity index is 1.45. The van der Waals surface area contributed by atoms with E-state index >= 15 is 0 Å². The van der Waals surface area contributed by atoms with Crippen LogP contribution in [-0.2, 0) is 9.59 Å². The number of amides is 2. The second kappa shape index (κ2) is 6.44. The summed E-state index contributed by atoms with van der Waals surface area (Å²) in [6.07, 6.45) is 11.1. The molecular weight excluding hydrogens is 312 g/mol. The molecule has 4 heteroatoms. The van der Waals surface area contributed by atoms with Crippen molar-refractivity contribution < 1.29 is 9.59 Å². The molecule has 4 aliphatic carbocycles. The van der Waals surface area contributed by atoms with Crippen LogP contribution in [0.2, 0.25) is 0 Å². The molecule has 4 saturated carbocycles. The van der Waals surface area contributed by atoms with E-state index in [-0.39, 0.29) is 11.8 Å². The van der Waals surface area contributed by atoms with Crippen molar-refractivity contribution in [3.63, 3.8) is 0 Å². The van der Waals surface area contributed by atoms with Gasteiger partial charge in [-0.15, -0.1) is 0 Å². The Kier molecular flexibility index (Phi) is 4.41. The predicted octanol–water partition coefficient (Wildman–Crippen LogP) is 3.23. The van der Waals surface area contributed by atoms with Gasteiger partial charge in [0.05, 0.1) is 0 Å². The van der Waals surface area contributed by atoms with Crippen molar-refractivity contribution in [1.82, 2.24) is 9.80 Å². The van der Waals surface area contributed by atoms with Gasteiger partial charge in [0.2, 0.25) is 11.8 Å². The minimum atomic E-state index is 0.120. The van der Waals surface area contributed by atoms with Crippen LogP contribution in [0.1, 0.15) is 58.8 Å². The van der Waals surface area contributed by atoms with E-state index in [4.69, 9.17) is 0 Å². The van der Waals surface area contributed by atoms with Crippen molar-refractivity contribution in [2.75, 3.05) is 26.2 Å². The first-order valence-electron chi connectivity index (χ1n) is 10.2. The lowest BCUT2D eigenvalue weighted by molar-refractivity contribution is -0.130. The first-order chi connectivity index (χ1) is 11.9. The fourth-order valence-electron chi connectivity index (χ4n) is 6.48. The number of hydrogen-bond donors (Lipinski definition) is 0. The van der Waals surface area contributed by atoms with Gasteiger partial charge in [-0.3, -0.25) is 9.59 Å². The van der Waals surface area contributed by atoms with Gasteiger partial charge < -0.3 is 9.80 Å². The van der Waals surface area contributed by atoms with Crippen LogP contribution in [0.4, 0.5) is 0 Å². The van der Waals surface area contributed by atoms with E-state index in [9.17, 15) is 9.59 Å². The second-order valence-electron chi connectivity index (χ2n) is 9.21. The lowest BCUT2D eigenvalue weighted by Crippen LogP contribution is -2.46. The molecule has 0 N–H and O–H groups in total. The maximum Gasteiger partial charge on any atom is 0.246 e. The first kappa shape index (κ1) is 17.1. The Hall–Kier alpha value is -1.32. The normalized spacial score (nSPS) is 38.0. The highest BCUT2D eigenvalue weighted by atomic mass is 16.2. The van der Waals surface area contributed by atoms with Crippen molar-refractivity contribution in [2.45, 2.75) is 58.8 Å². The zero-order chi connectivity index (χ0) is 17.6. The molecule has 2 amide bonds. The number of allylic oxidation sites excluding steroid dienone is 1. The fourth-order valence-corrected chi connectivity index (χ4v) is 6.48. The lowest BCUT2D eigenvalue weighted by Gasteiger charge is -2.57. The summed E-state index contributed by atoms with van der Waals surface area (Å²) in [5.41, 5.74) is 1.66. The van der Waals surface area contributed by atoms with Crippen LogP contribution in [0.25, 0.3) is 0 Å². The standard InChI is InChI=1S/C21H32N2O2/c1-15(21-12-17-9-18(13-21)11-19(10-17)14-21)8-20(25)23-5-3-4-22(6-7-23)16(2)24/h8,17-19H,3-7,9-14H2,1-2H3. The van der Waals surface area contributed by atoms with Gasteiger partial charge >= 0.3 is 0 Å². The van der Waals surface area contributed by atoms with E-state index in [1.54, 1.807) is 6.92 Å². The van der Waals surface area contributed by atoms with E-state index in [0.717, 1.165) is 37.3 Å². The molecule has 138 valence electrons.